The van der Waals surface area contributed by atoms with Crippen molar-refractivity contribution < 1.29 is 0 Å². The third kappa shape index (κ3) is 2.46. The van der Waals surface area contributed by atoms with Gasteiger partial charge in [-0.05, 0) is 32.1 Å². The third-order valence-corrected chi connectivity index (χ3v) is 3.57. The van der Waals surface area contributed by atoms with Gasteiger partial charge in [-0.25, -0.2) is 4.98 Å². The summed E-state index contributed by atoms with van der Waals surface area (Å²) >= 11 is 0. The van der Waals surface area contributed by atoms with Gasteiger partial charge in [0.1, 0.15) is 17.3 Å². The van der Waals surface area contributed by atoms with Crippen molar-refractivity contribution in [2.24, 2.45) is 11.7 Å². The lowest BCUT2D eigenvalue weighted by atomic mass is 10.1. The molecule has 0 bridgehead atoms. The number of pyridine rings is 1. The molecule has 1 aromatic heterocycles. The van der Waals surface area contributed by atoms with Crippen LogP contribution in [0.4, 0.5) is 5.82 Å². The Morgan fingerprint density at radius 2 is 2.17 bits per heavy atom. The quantitative estimate of drug-likeness (QED) is 0.611. The number of aromatic nitrogens is 1. The SMILES string of the molecule is CC1CN(c2cccc(C(=N)N)n2)CC1N(C)C. The molecule has 5 heteroatoms. The van der Waals surface area contributed by atoms with Gasteiger partial charge < -0.3 is 15.5 Å². The van der Waals surface area contributed by atoms with E-state index in [-0.39, 0.29) is 5.84 Å². The lowest BCUT2D eigenvalue weighted by molar-refractivity contribution is 0.266. The average Bonchev–Trinajstić information content (AvgIpc) is 2.71. The Labute approximate surface area is 108 Å². The van der Waals surface area contributed by atoms with Crippen LogP contribution in [0.1, 0.15) is 12.6 Å². The standard InChI is InChI=1S/C13H21N5/c1-9-7-18(8-11(9)17(2)3)12-6-4-5-10(16-12)13(14)15/h4-6,9,11H,7-8H2,1-3H3,(H3,14,15). The highest BCUT2D eigenvalue weighted by Crippen LogP contribution is 2.24. The van der Waals surface area contributed by atoms with E-state index in [0.717, 1.165) is 18.9 Å². The minimum Gasteiger partial charge on any atom is -0.382 e. The second-order valence-corrected chi connectivity index (χ2v) is 5.21. The Morgan fingerprint density at radius 3 is 2.72 bits per heavy atom. The summed E-state index contributed by atoms with van der Waals surface area (Å²) in [5, 5.41) is 7.44. The Bertz CT molecular complexity index is 443. The molecule has 0 spiro atoms. The first kappa shape index (κ1) is 12.8. The number of anilines is 1. The maximum absolute atomic E-state index is 7.44. The van der Waals surface area contributed by atoms with Gasteiger partial charge in [0.2, 0.25) is 0 Å². The zero-order valence-electron chi connectivity index (χ0n) is 11.2. The summed E-state index contributed by atoms with van der Waals surface area (Å²) in [6, 6.07) is 6.21. The smallest absolute Gasteiger partial charge is 0.141 e. The van der Waals surface area contributed by atoms with E-state index in [1.54, 1.807) is 6.07 Å². The molecule has 2 heterocycles. The number of nitrogens with zero attached hydrogens (tertiary/aromatic N) is 3. The van der Waals surface area contributed by atoms with Crippen molar-refractivity contribution in [3.8, 4) is 0 Å². The van der Waals surface area contributed by atoms with Crippen molar-refractivity contribution >= 4 is 11.7 Å². The van der Waals surface area contributed by atoms with Gasteiger partial charge in [-0.1, -0.05) is 13.0 Å². The molecular formula is C13H21N5. The van der Waals surface area contributed by atoms with Gasteiger partial charge in [0.25, 0.3) is 0 Å². The topological polar surface area (TPSA) is 69.2 Å². The molecule has 1 fully saturated rings. The largest absolute Gasteiger partial charge is 0.382 e. The van der Waals surface area contributed by atoms with Crippen LogP contribution in [0.15, 0.2) is 18.2 Å². The van der Waals surface area contributed by atoms with E-state index in [1.165, 1.54) is 0 Å². The Kier molecular flexibility index (Phi) is 3.52. The first-order valence-corrected chi connectivity index (χ1v) is 6.22. The molecule has 1 aliphatic rings. The highest BCUT2D eigenvalue weighted by atomic mass is 15.3. The van der Waals surface area contributed by atoms with Gasteiger partial charge in [0, 0.05) is 19.1 Å². The molecule has 1 saturated heterocycles. The van der Waals surface area contributed by atoms with Gasteiger partial charge in [0.05, 0.1) is 0 Å². The van der Waals surface area contributed by atoms with E-state index < -0.39 is 0 Å². The summed E-state index contributed by atoms with van der Waals surface area (Å²) < 4.78 is 0. The van der Waals surface area contributed by atoms with Crippen LogP contribution < -0.4 is 10.6 Å². The molecule has 5 nitrogen and oxygen atoms in total. The summed E-state index contributed by atoms with van der Waals surface area (Å²) in [6.45, 7) is 4.24. The van der Waals surface area contributed by atoms with Gasteiger partial charge in [-0.2, -0.15) is 0 Å². The maximum Gasteiger partial charge on any atom is 0.141 e. The van der Waals surface area contributed by atoms with Crippen LogP contribution >= 0.6 is 0 Å². The fourth-order valence-corrected chi connectivity index (χ4v) is 2.56. The van der Waals surface area contributed by atoms with Crippen LogP contribution in [0, 0.1) is 11.3 Å². The van der Waals surface area contributed by atoms with E-state index in [9.17, 15) is 0 Å². The van der Waals surface area contributed by atoms with Crippen molar-refractivity contribution in [1.29, 1.82) is 5.41 Å². The summed E-state index contributed by atoms with van der Waals surface area (Å²) in [5.74, 6) is 1.55. The molecule has 18 heavy (non-hydrogen) atoms. The van der Waals surface area contributed by atoms with Crippen LogP contribution in [-0.2, 0) is 0 Å². The van der Waals surface area contributed by atoms with Crippen molar-refractivity contribution in [2.45, 2.75) is 13.0 Å². The second-order valence-electron chi connectivity index (χ2n) is 5.21. The minimum atomic E-state index is 0.0215. The zero-order valence-corrected chi connectivity index (χ0v) is 11.2. The molecule has 98 valence electrons. The number of rotatable bonds is 3. The molecule has 1 aliphatic heterocycles. The summed E-state index contributed by atoms with van der Waals surface area (Å²) in [4.78, 5) is 8.97. The van der Waals surface area contributed by atoms with Gasteiger partial charge in [0.15, 0.2) is 0 Å². The number of likely N-dealkylation sites (N-methyl/N-ethyl adjacent to an activating group) is 1. The summed E-state index contributed by atoms with van der Waals surface area (Å²) in [7, 11) is 4.23. The minimum absolute atomic E-state index is 0.0215. The highest BCUT2D eigenvalue weighted by Gasteiger charge is 2.31. The van der Waals surface area contributed by atoms with Crippen LogP contribution in [0.25, 0.3) is 0 Å². The summed E-state index contributed by atoms with van der Waals surface area (Å²) in [6.07, 6.45) is 0. The molecular weight excluding hydrogens is 226 g/mol. The monoisotopic (exact) mass is 247 g/mol. The molecule has 0 amide bonds. The molecule has 0 radical (unpaired) electrons. The van der Waals surface area contributed by atoms with E-state index >= 15 is 0 Å². The number of nitrogen functional groups attached to an aromatic ring is 1. The van der Waals surface area contributed by atoms with Crippen LogP contribution in [0.5, 0.6) is 0 Å². The van der Waals surface area contributed by atoms with Gasteiger partial charge in [-0.15, -0.1) is 0 Å². The molecule has 2 atom stereocenters. The van der Waals surface area contributed by atoms with Crippen molar-refractivity contribution in [1.82, 2.24) is 9.88 Å². The first-order chi connectivity index (χ1) is 8.49. The predicted octanol–water partition coefficient (Wildman–Crippen LogP) is 0.752. The van der Waals surface area contributed by atoms with Gasteiger partial charge in [-0.3, -0.25) is 5.41 Å². The fourth-order valence-electron chi connectivity index (χ4n) is 2.56. The number of nitrogens with one attached hydrogen (secondary N) is 1. The Morgan fingerprint density at radius 1 is 1.44 bits per heavy atom. The number of amidine groups is 1. The average molecular weight is 247 g/mol. The van der Waals surface area contributed by atoms with Crippen LogP contribution in [-0.4, -0.2) is 48.9 Å². The Balaban J connectivity index is 2.18. The zero-order chi connectivity index (χ0) is 13.3. The predicted molar refractivity (Wildman–Crippen MR) is 74.1 cm³/mol. The molecule has 0 saturated carbocycles. The first-order valence-electron chi connectivity index (χ1n) is 6.22. The Hall–Kier alpha value is -1.62. The van der Waals surface area contributed by atoms with E-state index in [0.29, 0.717) is 17.7 Å². The third-order valence-electron chi connectivity index (χ3n) is 3.57. The van der Waals surface area contributed by atoms with Crippen molar-refractivity contribution in [3.05, 3.63) is 23.9 Å². The molecule has 1 aromatic rings. The van der Waals surface area contributed by atoms with Crippen molar-refractivity contribution in [3.63, 3.8) is 0 Å². The van der Waals surface area contributed by atoms with E-state index in [1.807, 2.05) is 12.1 Å². The van der Waals surface area contributed by atoms with E-state index in [2.05, 4.69) is 35.8 Å². The molecule has 0 aromatic carbocycles. The normalized spacial score (nSPS) is 23.7. The second kappa shape index (κ2) is 4.94. The number of nitrogens with two attached hydrogens (primary N) is 1. The van der Waals surface area contributed by atoms with Crippen LogP contribution in [0.3, 0.4) is 0 Å². The molecule has 2 rings (SSSR count). The van der Waals surface area contributed by atoms with Crippen LogP contribution in [0.2, 0.25) is 0 Å². The van der Waals surface area contributed by atoms with Gasteiger partial charge >= 0.3 is 0 Å². The molecule has 2 unspecified atom stereocenters. The van der Waals surface area contributed by atoms with E-state index in [4.69, 9.17) is 11.1 Å². The number of hydrogen-bond acceptors (Lipinski definition) is 4. The molecule has 0 aliphatic carbocycles. The highest BCUT2D eigenvalue weighted by molar-refractivity contribution is 5.93. The molecule has 3 N–H and O–H groups in total. The number of hydrogen-bond donors (Lipinski definition) is 2. The summed E-state index contributed by atoms with van der Waals surface area (Å²) in [5.41, 5.74) is 6.03. The lowest BCUT2D eigenvalue weighted by Gasteiger charge is -2.22. The maximum atomic E-state index is 7.44. The lowest BCUT2D eigenvalue weighted by Crippen LogP contribution is -2.34. The van der Waals surface area contributed by atoms with Crippen molar-refractivity contribution in [2.75, 3.05) is 32.1 Å². The fraction of sp³-hybridized carbons (Fsp3) is 0.538.